The Kier molecular flexibility index (Phi) is 8.09. The second kappa shape index (κ2) is 11.4. The fourth-order valence-corrected chi connectivity index (χ4v) is 4.47. The molecule has 0 aliphatic carbocycles. The van der Waals surface area contributed by atoms with Crippen LogP contribution >= 0.6 is 11.6 Å². The largest absolute Gasteiger partial charge is 0.476 e. The number of nitrogens with one attached hydrogen (secondary N) is 1. The first-order valence-electron chi connectivity index (χ1n) is 11.6. The number of carbonyl (C=O) groups excluding carboxylic acids is 1. The molecule has 7 heteroatoms. The average molecular weight is 494 g/mol. The SMILES string of the molecule is C[C@@H]1C(=C=O)N(Cc2ccc(F)cc2)[C@@H](C)CN1COc1ccc(Cl)cc1NCc1ccccc1. The van der Waals surface area contributed by atoms with Crippen LogP contribution in [0.2, 0.25) is 5.02 Å². The standard InChI is InChI=1S/C28H29ClFN3O2/c1-20-16-32(21(2)27(18-34)33(20)17-23-8-11-25(30)12-9-23)19-35-28-13-10-24(29)14-26(28)31-15-22-6-4-3-5-7-22/h3-14,20-21,31H,15-17,19H2,1-2H3/t20-,21+/m0/s1. The molecule has 2 atom stereocenters. The van der Waals surface area contributed by atoms with Gasteiger partial charge in [-0.1, -0.05) is 54.1 Å². The van der Waals surface area contributed by atoms with E-state index in [9.17, 15) is 9.18 Å². The molecule has 1 aliphatic heterocycles. The number of piperazine rings is 1. The zero-order valence-electron chi connectivity index (χ0n) is 19.9. The van der Waals surface area contributed by atoms with Crippen molar-refractivity contribution in [3.63, 3.8) is 0 Å². The summed E-state index contributed by atoms with van der Waals surface area (Å²) in [5.74, 6) is 2.56. The van der Waals surface area contributed by atoms with E-state index in [1.807, 2.05) is 42.2 Å². The van der Waals surface area contributed by atoms with Gasteiger partial charge in [0.1, 0.15) is 29.9 Å². The maximum absolute atomic E-state index is 13.3. The highest BCUT2D eigenvalue weighted by Gasteiger charge is 2.34. The predicted molar refractivity (Wildman–Crippen MR) is 137 cm³/mol. The average Bonchev–Trinajstić information content (AvgIpc) is 2.86. The highest BCUT2D eigenvalue weighted by Crippen LogP contribution is 2.30. The van der Waals surface area contributed by atoms with Crippen LogP contribution in [0.25, 0.3) is 0 Å². The molecule has 182 valence electrons. The lowest BCUT2D eigenvalue weighted by atomic mass is 10.0. The third-order valence-electron chi connectivity index (χ3n) is 6.31. The Labute approximate surface area is 210 Å². The molecule has 4 rings (SSSR count). The lowest BCUT2D eigenvalue weighted by molar-refractivity contribution is 0.0288. The summed E-state index contributed by atoms with van der Waals surface area (Å²) in [5.41, 5.74) is 3.47. The molecule has 0 radical (unpaired) electrons. The van der Waals surface area contributed by atoms with Crippen molar-refractivity contribution in [2.45, 2.75) is 39.0 Å². The molecule has 1 N–H and O–H groups in total. The normalized spacial score (nSPS) is 18.3. The minimum atomic E-state index is -0.275. The molecule has 0 bridgehead atoms. The minimum Gasteiger partial charge on any atom is -0.476 e. The molecule has 0 unspecified atom stereocenters. The number of hydrogen-bond donors (Lipinski definition) is 1. The first-order chi connectivity index (χ1) is 16.9. The minimum absolute atomic E-state index is 0.0530. The van der Waals surface area contributed by atoms with E-state index < -0.39 is 0 Å². The molecule has 0 amide bonds. The van der Waals surface area contributed by atoms with Crippen molar-refractivity contribution in [1.29, 1.82) is 0 Å². The summed E-state index contributed by atoms with van der Waals surface area (Å²) >= 11 is 6.24. The van der Waals surface area contributed by atoms with Crippen LogP contribution in [0.4, 0.5) is 10.1 Å². The van der Waals surface area contributed by atoms with E-state index in [2.05, 4.69) is 35.2 Å². The molecular weight excluding hydrogens is 465 g/mol. The van der Waals surface area contributed by atoms with Crippen LogP contribution in [0, 0.1) is 5.82 Å². The molecule has 1 saturated heterocycles. The van der Waals surface area contributed by atoms with Crippen LogP contribution in [0.1, 0.15) is 25.0 Å². The molecule has 0 spiro atoms. The van der Waals surface area contributed by atoms with Gasteiger partial charge in [-0.2, -0.15) is 0 Å². The number of nitrogens with zero attached hydrogens (tertiary/aromatic N) is 2. The molecule has 1 fully saturated rings. The van der Waals surface area contributed by atoms with E-state index in [1.54, 1.807) is 18.2 Å². The zero-order valence-corrected chi connectivity index (χ0v) is 20.6. The summed E-state index contributed by atoms with van der Waals surface area (Å²) in [6.45, 7) is 6.22. The Hall–Kier alpha value is -3.31. The van der Waals surface area contributed by atoms with Crippen molar-refractivity contribution < 1.29 is 13.9 Å². The molecule has 0 saturated carbocycles. The molecule has 3 aromatic carbocycles. The summed E-state index contributed by atoms with van der Waals surface area (Å²) in [4.78, 5) is 16.1. The summed E-state index contributed by atoms with van der Waals surface area (Å²) in [6, 6.07) is 21.8. The van der Waals surface area contributed by atoms with Crippen LogP contribution in [0.5, 0.6) is 5.75 Å². The van der Waals surface area contributed by atoms with E-state index in [4.69, 9.17) is 16.3 Å². The van der Waals surface area contributed by atoms with Gasteiger partial charge in [0.25, 0.3) is 0 Å². The van der Waals surface area contributed by atoms with Crippen LogP contribution in [0.3, 0.4) is 0 Å². The third-order valence-corrected chi connectivity index (χ3v) is 6.54. The van der Waals surface area contributed by atoms with Crippen molar-refractivity contribution in [2.75, 3.05) is 18.6 Å². The molecule has 3 aromatic rings. The highest BCUT2D eigenvalue weighted by atomic mass is 35.5. The van der Waals surface area contributed by atoms with Gasteiger partial charge in [-0.3, -0.25) is 4.90 Å². The van der Waals surface area contributed by atoms with Crippen LogP contribution in [-0.4, -0.2) is 41.1 Å². The second-order valence-electron chi connectivity index (χ2n) is 8.79. The molecule has 35 heavy (non-hydrogen) atoms. The van der Waals surface area contributed by atoms with Crippen molar-refractivity contribution in [3.05, 3.63) is 100 Å². The Balaban J connectivity index is 1.43. The molecule has 1 heterocycles. The van der Waals surface area contributed by atoms with E-state index in [0.717, 1.165) is 16.8 Å². The van der Waals surface area contributed by atoms with Gasteiger partial charge in [-0.15, -0.1) is 0 Å². The second-order valence-corrected chi connectivity index (χ2v) is 9.23. The highest BCUT2D eigenvalue weighted by molar-refractivity contribution is 6.30. The van der Waals surface area contributed by atoms with Crippen LogP contribution < -0.4 is 10.1 Å². The van der Waals surface area contributed by atoms with Gasteiger partial charge < -0.3 is 15.0 Å². The zero-order chi connectivity index (χ0) is 24.8. The van der Waals surface area contributed by atoms with Gasteiger partial charge >= 0.3 is 0 Å². The van der Waals surface area contributed by atoms with E-state index >= 15 is 0 Å². The molecule has 0 aromatic heterocycles. The molecule has 5 nitrogen and oxygen atoms in total. The number of hydrogen-bond acceptors (Lipinski definition) is 5. The van der Waals surface area contributed by atoms with Gasteiger partial charge in [-0.25, -0.2) is 9.18 Å². The van der Waals surface area contributed by atoms with Crippen molar-refractivity contribution in [1.82, 2.24) is 9.80 Å². The molecule has 1 aliphatic rings. The number of rotatable bonds is 8. The van der Waals surface area contributed by atoms with Gasteiger partial charge in [0.05, 0.1) is 11.7 Å². The van der Waals surface area contributed by atoms with Gasteiger partial charge in [-0.05, 0) is 55.3 Å². The maximum Gasteiger partial charge on any atom is 0.147 e. The quantitative estimate of drug-likeness (QED) is 0.405. The fraction of sp³-hybridized carbons (Fsp3) is 0.286. The van der Waals surface area contributed by atoms with Gasteiger partial charge in [0.2, 0.25) is 0 Å². The monoisotopic (exact) mass is 493 g/mol. The van der Waals surface area contributed by atoms with E-state index in [-0.39, 0.29) is 17.9 Å². The lowest BCUT2D eigenvalue weighted by Gasteiger charge is -2.45. The maximum atomic E-state index is 13.3. The Morgan fingerprint density at radius 1 is 1.06 bits per heavy atom. The third kappa shape index (κ3) is 6.23. The Morgan fingerprint density at radius 3 is 2.51 bits per heavy atom. The number of halogens is 2. The Morgan fingerprint density at radius 2 is 1.80 bits per heavy atom. The Bertz CT molecular complexity index is 1180. The summed E-state index contributed by atoms with van der Waals surface area (Å²) < 4.78 is 19.5. The summed E-state index contributed by atoms with van der Waals surface area (Å²) in [5, 5.41) is 4.03. The fourth-order valence-electron chi connectivity index (χ4n) is 4.29. The smallest absolute Gasteiger partial charge is 0.147 e. The topological polar surface area (TPSA) is 44.8 Å². The van der Waals surface area contributed by atoms with Crippen molar-refractivity contribution in [2.24, 2.45) is 0 Å². The van der Waals surface area contributed by atoms with E-state index in [0.29, 0.717) is 42.8 Å². The predicted octanol–water partition coefficient (Wildman–Crippen LogP) is 5.74. The van der Waals surface area contributed by atoms with Crippen molar-refractivity contribution in [3.8, 4) is 5.75 Å². The lowest BCUT2D eigenvalue weighted by Crippen LogP contribution is -2.55. The van der Waals surface area contributed by atoms with E-state index in [1.165, 1.54) is 12.1 Å². The van der Waals surface area contributed by atoms with Crippen molar-refractivity contribution >= 4 is 23.2 Å². The van der Waals surface area contributed by atoms with Crippen LogP contribution in [-0.2, 0) is 17.9 Å². The first-order valence-corrected chi connectivity index (χ1v) is 12.0. The van der Waals surface area contributed by atoms with Gasteiger partial charge in [0.15, 0.2) is 0 Å². The van der Waals surface area contributed by atoms with Crippen LogP contribution in [0.15, 0.2) is 78.5 Å². The number of anilines is 1. The number of benzene rings is 3. The molecular formula is C28H29ClFN3O2. The van der Waals surface area contributed by atoms with Gasteiger partial charge in [0, 0.05) is 30.7 Å². The number of ether oxygens (including phenoxy) is 1. The summed E-state index contributed by atoms with van der Waals surface area (Å²) in [7, 11) is 0. The summed E-state index contributed by atoms with van der Waals surface area (Å²) in [6.07, 6.45) is 0. The first kappa shape index (κ1) is 24.8.